The molecule has 1 aliphatic rings. The van der Waals surface area contributed by atoms with Gasteiger partial charge in [-0.2, -0.15) is 0 Å². The van der Waals surface area contributed by atoms with Crippen molar-refractivity contribution in [3.05, 3.63) is 22.4 Å². The van der Waals surface area contributed by atoms with Crippen LogP contribution in [0, 0.1) is 5.92 Å². The number of amides is 1. The largest absolute Gasteiger partial charge is 0.383 e. The number of aliphatic imine (C=N–C) groups is 1. The minimum absolute atomic E-state index is 0. The van der Waals surface area contributed by atoms with Gasteiger partial charge < -0.3 is 20.3 Å². The van der Waals surface area contributed by atoms with Gasteiger partial charge in [0, 0.05) is 57.8 Å². The Morgan fingerprint density at radius 2 is 2.07 bits per heavy atom. The number of nitrogens with zero attached hydrogens (tertiary/aromatic N) is 3. The molecule has 0 bridgehead atoms. The molecule has 7 nitrogen and oxygen atoms in total. The molecule has 1 aromatic heterocycles. The standard InChI is InChI=1S/C20H35N5O2S.HI/c1-4-21-20(23-15-17(2)14-18-6-5-13-28-18)25-10-8-24(9-11-25)16-19(26)22-7-12-27-3;/h5-6,13,17H,4,7-12,14-16H2,1-3H3,(H,21,23)(H,22,26);1H. The van der Waals surface area contributed by atoms with Crippen LogP contribution in [0.1, 0.15) is 18.7 Å². The van der Waals surface area contributed by atoms with Crippen LogP contribution in [-0.2, 0) is 16.0 Å². The highest BCUT2D eigenvalue weighted by atomic mass is 127. The monoisotopic (exact) mass is 537 g/mol. The molecule has 0 aliphatic carbocycles. The molecule has 1 aliphatic heterocycles. The van der Waals surface area contributed by atoms with Gasteiger partial charge in [-0.05, 0) is 30.7 Å². The van der Waals surface area contributed by atoms with Crippen LogP contribution >= 0.6 is 35.3 Å². The second-order valence-corrected chi connectivity index (χ2v) is 8.22. The smallest absolute Gasteiger partial charge is 0.234 e. The molecular formula is C20H36IN5O2S. The predicted octanol–water partition coefficient (Wildman–Crippen LogP) is 1.89. The van der Waals surface area contributed by atoms with Crippen LogP contribution in [-0.4, -0.2) is 87.7 Å². The number of methoxy groups -OCH3 is 1. The first-order valence-corrected chi connectivity index (χ1v) is 11.0. The van der Waals surface area contributed by atoms with Crippen molar-refractivity contribution in [3.8, 4) is 0 Å². The van der Waals surface area contributed by atoms with E-state index in [9.17, 15) is 4.79 Å². The van der Waals surface area contributed by atoms with Gasteiger partial charge in [0.25, 0.3) is 0 Å². The summed E-state index contributed by atoms with van der Waals surface area (Å²) in [6.45, 7) is 11.1. The number of thiophene rings is 1. The SMILES string of the molecule is CCNC(=NCC(C)Cc1cccs1)N1CCN(CC(=O)NCCOC)CC1.I. The van der Waals surface area contributed by atoms with Gasteiger partial charge in [0.1, 0.15) is 0 Å². The summed E-state index contributed by atoms with van der Waals surface area (Å²) < 4.78 is 4.96. The fraction of sp³-hybridized carbons (Fsp3) is 0.700. The van der Waals surface area contributed by atoms with Crippen LogP contribution in [0.25, 0.3) is 0 Å². The molecule has 0 aromatic carbocycles. The van der Waals surface area contributed by atoms with Crippen LogP contribution in [0.4, 0.5) is 0 Å². The lowest BCUT2D eigenvalue weighted by molar-refractivity contribution is -0.122. The summed E-state index contributed by atoms with van der Waals surface area (Å²) in [4.78, 5) is 22.8. The molecule has 166 valence electrons. The molecule has 1 fully saturated rings. The van der Waals surface area contributed by atoms with Crippen LogP contribution in [0.5, 0.6) is 0 Å². The van der Waals surface area contributed by atoms with Crippen LogP contribution in [0.15, 0.2) is 22.5 Å². The minimum Gasteiger partial charge on any atom is -0.383 e. The van der Waals surface area contributed by atoms with E-state index < -0.39 is 0 Å². The summed E-state index contributed by atoms with van der Waals surface area (Å²) >= 11 is 1.82. The normalized spacial score (nSPS) is 16.2. The molecule has 29 heavy (non-hydrogen) atoms. The second kappa shape index (κ2) is 15.0. The third-order valence-electron chi connectivity index (χ3n) is 4.68. The predicted molar refractivity (Wildman–Crippen MR) is 131 cm³/mol. The van der Waals surface area contributed by atoms with Crippen molar-refractivity contribution in [1.29, 1.82) is 0 Å². The molecule has 0 saturated carbocycles. The summed E-state index contributed by atoms with van der Waals surface area (Å²) in [5, 5.41) is 8.44. The van der Waals surface area contributed by atoms with Gasteiger partial charge in [-0.25, -0.2) is 0 Å². The quantitative estimate of drug-likeness (QED) is 0.207. The third-order valence-corrected chi connectivity index (χ3v) is 5.58. The number of nitrogens with one attached hydrogen (secondary N) is 2. The maximum Gasteiger partial charge on any atom is 0.234 e. The van der Waals surface area contributed by atoms with E-state index in [1.807, 2.05) is 11.3 Å². The highest BCUT2D eigenvalue weighted by molar-refractivity contribution is 14.0. The Bertz CT molecular complexity index is 592. The van der Waals surface area contributed by atoms with E-state index >= 15 is 0 Å². The first-order valence-electron chi connectivity index (χ1n) is 10.2. The molecule has 1 unspecified atom stereocenters. The van der Waals surface area contributed by atoms with Crippen molar-refractivity contribution in [2.45, 2.75) is 20.3 Å². The van der Waals surface area contributed by atoms with Crippen molar-refractivity contribution in [1.82, 2.24) is 20.4 Å². The van der Waals surface area contributed by atoms with Crippen molar-refractivity contribution < 1.29 is 9.53 Å². The number of piperazine rings is 1. The molecule has 9 heteroatoms. The van der Waals surface area contributed by atoms with Crippen LogP contribution in [0.2, 0.25) is 0 Å². The molecule has 2 rings (SSSR count). The van der Waals surface area contributed by atoms with Gasteiger partial charge in [0.05, 0.1) is 13.2 Å². The number of hydrogen-bond donors (Lipinski definition) is 2. The molecule has 2 N–H and O–H groups in total. The molecule has 1 saturated heterocycles. The van der Waals surface area contributed by atoms with Crippen LogP contribution in [0.3, 0.4) is 0 Å². The van der Waals surface area contributed by atoms with E-state index in [4.69, 9.17) is 9.73 Å². The Kier molecular flexibility index (Phi) is 13.5. The molecular weight excluding hydrogens is 501 g/mol. The van der Waals surface area contributed by atoms with E-state index in [0.29, 0.717) is 25.6 Å². The zero-order valence-corrected chi connectivity index (χ0v) is 21.0. The highest BCUT2D eigenvalue weighted by Gasteiger charge is 2.21. The lowest BCUT2D eigenvalue weighted by Crippen LogP contribution is -2.54. The maximum atomic E-state index is 12.0. The molecule has 1 amide bonds. The highest BCUT2D eigenvalue weighted by Crippen LogP contribution is 2.14. The fourth-order valence-corrected chi connectivity index (χ4v) is 4.04. The summed E-state index contributed by atoms with van der Waals surface area (Å²) in [5.74, 6) is 1.57. The number of rotatable bonds is 10. The van der Waals surface area contributed by atoms with Gasteiger partial charge in [-0.1, -0.05) is 13.0 Å². The number of hydrogen-bond acceptors (Lipinski definition) is 5. The number of ether oxygens (including phenoxy) is 1. The Hall–Kier alpha value is -0.910. The first-order chi connectivity index (χ1) is 13.6. The van der Waals surface area contributed by atoms with Gasteiger partial charge in [-0.3, -0.25) is 14.7 Å². The summed E-state index contributed by atoms with van der Waals surface area (Å²) in [7, 11) is 1.64. The Morgan fingerprint density at radius 3 is 2.69 bits per heavy atom. The second-order valence-electron chi connectivity index (χ2n) is 7.19. The van der Waals surface area contributed by atoms with Gasteiger partial charge in [-0.15, -0.1) is 35.3 Å². The third kappa shape index (κ3) is 10.1. The number of halogens is 1. The van der Waals surface area contributed by atoms with E-state index in [-0.39, 0.29) is 29.9 Å². The van der Waals surface area contributed by atoms with Crippen molar-refractivity contribution in [2.75, 3.05) is 66.1 Å². The van der Waals surface area contributed by atoms with E-state index in [2.05, 4.69) is 51.8 Å². The topological polar surface area (TPSA) is 69.2 Å². The molecule has 1 aromatic rings. The van der Waals surface area contributed by atoms with Crippen LogP contribution < -0.4 is 10.6 Å². The minimum atomic E-state index is 0. The van der Waals surface area contributed by atoms with E-state index in [0.717, 1.165) is 51.6 Å². The zero-order valence-electron chi connectivity index (χ0n) is 17.9. The van der Waals surface area contributed by atoms with Crippen molar-refractivity contribution in [3.63, 3.8) is 0 Å². The zero-order chi connectivity index (χ0) is 20.2. The van der Waals surface area contributed by atoms with Gasteiger partial charge in [0.15, 0.2) is 5.96 Å². The maximum absolute atomic E-state index is 12.0. The molecule has 2 heterocycles. The average molecular weight is 538 g/mol. The Morgan fingerprint density at radius 1 is 1.31 bits per heavy atom. The van der Waals surface area contributed by atoms with Crippen molar-refractivity contribution in [2.24, 2.45) is 10.9 Å². The van der Waals surface area contributed by atoms with Gasteiger partial charge >= 0.3 is 0 Å². The summed E-state index contributed by atoms with van der Waals surface area (Å²) in [6.07, 6.45) is 1.08. The number of carbonyl (C=O) groups is 1. The average Bonchev–Trinajstić information content (AvgIpc) is 3.19. The Labute approximate surface area is 196 Å². The summed E-state index contributed by atoms with van der Waals surface area (Å²) in [5.41, 5.74) is 0. The molecule has 0 radical (unpaired) electrons. The number of guanidine groups is 1. The molecule has 0 spiro atoms. The van der Waals surface area contributed by atoms with Gasteiger partial charge in [0.2, 0.25) is 5.91 Å². The van der Waals surface area contributed by atoms with E-state index in [1.165, 1.54) is 4.88 Å². The van der Waals surface area contributed by atoms with E-state index in [1.54, 1.807) is 7.11 Å². The number of carbonyl (C=O) groups excluding carboxylic acids is 1. The Balaban J connectivity index is 0.00000420. The first kappa shape index (κ1) is 26.1. The van der Waals surface area contributed by atoms with Crippen molar-refractivity contribution >= 4 is 47.2 Å². The fourth-order valence-electron chi connectivity index (χ4n) is 3.17. The summed E-state index contributed by atoms with van der Waals surface area (Å²) in [6, 6.07) is 4.30. The lowest BCUT2D eigenvalue weighted by atomic mass is 10.1. The lowest BCUT2D eigenvalue weighted by Gasteiger charge is -2.36. The molecule has 1 atom stereocenters.